The molecule has 0 saturated heterocycles. The highest BCUT2D eigenvalue weighted by molar-refractivity contribution is 6.14. The van der Waals surface area contributed by atoms with E-state index < -0.39 is 0 Å². The van der Waals surface area contributed by atoms with E-state index in [-0.39, 0.29) is 17.6 Å². The molecule has 1 amide bonds. The van der Waals surface area contributed by atoms with Crippen molar-refractivity contribution in [1.82, 2.24) is 5.32 Å². The average molecular weight is 553 g/mol. The number of carbonyl (C=O) groups excluding carboxylic acids is 1. The minimum Gasteiger partial charge on any atom is -0.508 e. The van der Waals surface area contributed by atoms with Crippen LogP contribution in [0.3, 0.4) is 0 Å². The number of hydrogen-bond acceptors (Lipinski definition) is 6. The maximum absolute atomic E-state index is 12.1. The molecule has 0 aliphatic carbocycles. The van der Waals surface area contributed by atoms with Crippen LogP contribution in [0.4, 0.5) is 11.4 Å². The standard InChI is InChI=1S/C33H40N6O2/c1-2-26-23-30(34-22-12-4-3-11-17-31(41)35-24-25-13-7-5-8-14-25)38-33(37-28-18-20-29(40)21-19-28)39-32(26)36-27-15-9-6-10-16-27/h5-10,13-16,18-21,26,40H,2-4,11-12,17,22-24H2,1H3,(H,35,41)(H2,34,36,37,38,39). The van der Waals surface area contributed by atoms with Crippen LogP contribution in [0.25, 0.3) is 0 Å². The van der Waals surface area contributed by atoms with E-state index in [2.05, 4.69) is 22.9 Å². The van der Waals surface area contributed by atoms with E-state index in [0.29, 0.717) is 31.9 Å². The van der Waals surface area contributed by atoms with Crippen LogP contribution in [-0.2, 0) is 11.3 Å². The minimum atomic E-state index is 0.0982. The average Bonchev–Trinajstić information content (AvgIpc) is 3.16. The number of nitrogens with zero attached hydrogens (tertiary/aromatic N) is 3. The van der Waals surface area contributed by atoms with Crippen LogP contribution in [0.15, 0.2) is 99.9 Å². The van der Waals surface area contributed by atoms with Gasteiger partial charge in [-0.2, -0.15) is 9.98 Å². The van der Waals surface area contributed by atoms with Crippen molar-refractivity contribution >= 4 is 34.9 Å². The molecule has 0 radical (unpaired) electrons. The van der Waals surface area contributed by atoms with Crippen molar-refractivity contribution in [2.24, 2.45) is 20.9 Å². The number of carbonyl (C=O) groups is 1. The fourth-order valence-electron chi connectivity index (χ4n) is 4.53. The van der Waals surface area contributed by atoms with Gasteiger partial charge in [-0.25, -0.2) is 0 Å². The van der Waals surface area contributed by atoms with Crippen LogP contribution in [-0.4, -0.2) is 35.2 Å². The van der Waals surface area contributed by atoms with Crippen molar-refractivity contribution < 1.29 is 9.90 Å². The molecule has 4 rings (SSSR count). The number of guanidine groups is 1. The lowest BCUT2D eigenvalue weighted by Gasteiger charge is -2.17. The largest absolute Gasteiger partial charge is 0.508 e. The molecule has 0 bridgehead atoms. The molecule has 1 unspecified atom stereocenters. The summed E-state index contributed by atoms with van der Waals surface area (Å²) >= 11 is 0. The fraction of sp³-hybridized carbons (Fsp3) is 0.333. The van der Waals surface area contributed by atoms with Crippen LogP contribution in [0.2, 0.25) is 0 Å². The summed E-state index contributed by atoms with van der Waals surface area (Å²) in [5.74, 6) is 2.53. The maximum atomic E-state index is 12.1. The lowest BCUT2D eigenvalue weighted by molar-refractivity contribution is -0.121. The van der Waals surface area contributed by atoms with Crippen LogP contribution >= 0.6 is 0 Å². The predicted molar refractivity (Wildman–Crippen MR) is 169 cm³/mol. The molecule has 1 atom stereocenters. The quantitative estimate of drug-likeness (QED) is 0.147. The second-order valence-electron chi connectivity index (χ2n) is 10.1. The molecule has 1 aliphatic rings. The van der Waals surface area contributed by atoms with Crippen molar-refractivity contribution in [3.63, 3.8) is 0 Å². The molecular weight excluding hydrogens is 512 g/mol. The van der Waals surface area contributed by atoms with Gasteiger partial charge in [0.15, 0.2) is 0 Å². The number of nitrogens with one attached hydrogen (secondary N) is 3. The normalized spacial score (nSPS) is 15.9. The number of amidine groups is 2. The van der Waals surface area contributed by atoms with Gasteiger partial charge in [-0.3, -0.25) is 9.79 Å². The zero-order valence-electron chi connectivity index (χ0n) is 23.7. The number of amides is 1. The van der Waals surface area contributed by atoms with E-state index in [1.807, 2.05) is 60.7 Å². The SMILES string of the molecule is CCC1CC(=NCCCCCCC(=O)NCc2ccccc2)N=C(Nc2ccc(O)cc2)N=C1Nc1ccccc1. The summed E-state index contributed by atoms with van der Waals surface area (Å²) in [4.78, 5) is 26.7. The number of hydrogen-bond donors (Lipinski definition) is 4. The zero-order chi connectivity index (χ0) is 28.7. The van der Waals surface area contributed by atoms with E-state index in [9.17, 15) is 9.90 Å². The molecule has 8 nitrogen and oxygen atoms in total. The molecule has 4 N–H and O–H groups in total. The fourth-order valence-corrected chi connectivity index (χ4v) is 4.53. The third kappa shape index (κ3) is 10.2. The first-order chi connectivity index (χ1) is 20.1. The first-order valence-electron chi connectivity index (χ1n) is 14.5. The number of anilines is 2. The molecule has 3 aromatic carbocycles. The number of aliphatic imine (C=N–C) groups is 3. The monoisotopic (exact) mass is 552 g/mol. The summed E-state index contributed by atoms with van der Waals surface area (Å²) in [7, 11) is 0. The summed E-state index contributed by atoms with van der Waals surface area (Å²) in [6.07, 6.45) is 5.95. The molecule has 3 aromatic rings. The molecule has 0 saturated carbocycles. The Bertz CT molecular complexity index is 1320. The summed E-state index contributed by atoms with van der Waals surface area (Å²) in [5, 5.41) is 19.4. The summed E-state index contributed by atoms with van der Waals surface area (Å²) in [6.45, 7) is 3.41. The van der Waals surface area contributed by atoms with Gasteiger partial charge in [0.25, 0.3) is 0 Å². The Balaban J connectivity index is 1.30. The van der Waals surface area contributed by atoms with E-state index in [4.69, 9.17) is 15.0 Å². The van der Waals surface area contributed by atoms with E-state index in [1.54, 1.807) is 24.3 Å². The van der Waals surface area contributed by atoms with E-state index in [1.165, 1.54) is 0 Å². The van der Waals surface area contributed by atoms with E-state index >= 15 is 0 Å². The Labute approximate surface area is 242 Å². The highest BCUT2D eigenvalue weighted by Gasteiger charge is 2.22. The number of aromatic hydroxyl groups is 1. The predicted octanol–water partition coefficient (Wildman–Crippen LogP) is 6.77. The number of para-hydroxylation sites is 1. The van der Waals surface area contributed by atoms with Gasteiger partial charge in [-0.05, 0) is 61.2 Å². The van der Waals surface area contributed by atoms with Crippen molar-refractivity contribution in [1.29, 1.82) is 0 Å². The highest BCUT2D eigenvalue weighted by atomic mass is 16.3. The highest BCUT2D eigenvalue weighted by Crippen LogP contribution is 2.21. The third-order valence-corrected chi connectivity index (χ3v) is 6.88. The van der Waals surface area contributed by atoms with Crippen LogP contribution in [0.1, 0.15) is 57.4 Å². The first kappa shape index (κ1) is 29.5. The van der Waals surface area contributed by atoms with Gasteiger partial charge in [-0.1, -0.05) is 68.3 Å². The molecule has 41 heavy (non-hydrogen) atoms. The van der Waals surface area contributed by atoms with Gasteiger partial charge >= 0.3 is 0 Å². The van der Waals surface area contributed by atoms with Gasteiger partial charge in [0.1, 0.15) is 17.4 Å². The first-order valence-corrected chi connectivity index (χ1v) is 14.5. The Hall–Kier alpha value is -4.46. The topological polar surface area (TPSA) is 110 Å². The lowest BCUT2D eigenvalue weighted by Crippen LogP contribution is -2.25. The number of rotatable bonds is 12. The second-order valence-corrected chi connectivity index (χ2v) is 10.1. The Morgan fingerprint density at radius 3 is 2.27 bits per heavy atom. The van der Waals surface area contributed by atoms with Crippen LogP contribution in [0, 0.1) is 5.92 Å². The molecule has 8 heteroatoms. The molecule has 0 spiro atoms. The third-order valence-electron chi connectivity index (χ3n) is 6.88. The summed E-state index contributed by atoms with van der Waals surface area (Å²) in [6, 6.07) is 26.8. The minimum absolute atomic E-state index is 0.0982. The van der Waals surface area contributed by atoms with Gasteiger partial charge in [-0.15, -0.1) is 0 Å². The zero-order valence-corrected chi connectivity index (χ0v) is 23.7. The number of benzene rings is 3. The maximum Gasteiger partial charge on any atom is 0.230 e. The molecule has 0 aromatic heterocycles. The number of phenols is 1. The van der Waals surface area contributed by atoms with Crippen molar-refractivity contribution in [3.8, 4) is 5.75 Å². The number of unbranched alkanes of at least 4 members (excludes halogenated alkanes) is 3. The van der Waals surface area contributed by atoms with Crippen molar-refractivity contribution in [2.45, 2.75) is 58.4 Å². The van der Waals surface area contributed by atoms with Crippen molar-refractivity contribution in [2.75, 3.05) is 17.2 Å². The number of phenolic OH excluding ortho intramolecular Hbond substituents is 1. The molecule has 0 fully saturated rings. The molecule has 214 valence electrons. The molecule has 1 aliphatic heterocycles. The van der Waals surface area contributed by atoms with E-state index in [0.717, 1.165) is 60.7 Å². The summed E-state index contributed by atoms with van der Waals surface area (Å²) in [5.41, 5.74) is 2.87. The Morgan fingerprint density at radius 2 is 1.54 bits per heavy atom. The Morgan fingerprint density at radius 1 is 0.854 bits per heavy atom. The molecule has 1 heterocycles. The van der Waals surface area contributed by atoms with Crippen LogP contribution < -0.4 is 16.0 Å². The second kappa shape index (κ2) is 16.0. The van der Waals surface area contributed by atoms with Gasteiger partial charge in [0, 0.05) is 43.2 Å². The Kier molecular flexibility index (Phi) is 11.5. The van der Waals surface area contributed by atoms with Gasteiger partial charge in [0.05, 0.1) is 0 Å². The van der Waals surface area contributed by atoms with Gasteiger partial charge in [0.2, 0.25) is 11.9 Å². The van der Waals surface area contributed by atoms with Crippen molar-refractivity contribution in [3.05, 3.63) is 90.5 Å². The van der Waals surface area contributed by atoms with Gasteiger partial charge < -0.3 is 21.1 Å². The van der Waals surface area contributed by atoms with Crippen LogP contribution in [0.5, 0.6) is 5.75 Å². The summed E-state index contributed by atoms with van der Waals surface area (Å²) < 4.78 is 0. The lowest BCUT2D eigenvalue weighted by atomic mass is 10.00. The molecular formula is C33H40N6O2. The smallest absolute Gasteiger partial charge is 0.230 e.